The molecule has 1 aliphatic heterocycles. The van der Waals surface area contributed by atoms with Crippen molar-refractivity contribution in [1.82, 2.24) is 9.88 Å². The van der Waals surface area contributed by atoms with Gasteiger partial charge in [-0.3, -0.25) is 9.78 Å². The second-order valence-electron chi connectivity index (χ2n) is 5.30. The summed E-state index contributed by atoms with van der Waals surface area (Å²) in [4.78, 5) is 18.2. The summed E-state index contributed by atoms with van der Waals surface area (Å²) in [5, 5.41) is 0. The van der Waals surface area contributed by atoms with Crippen molar-refractivity contribution in [2.24, 2.45) is 0 Å². The lowest BCUT2D eigenvalue weighted by Crippen LogP contribution is -2.45. The Bertz CT molecular complexity index is 612. The van der Waals surface area contributed by atoms with Crippen LogP contribution in [0.2, 0.25) is 0 Å². The molecule has 0 aliphatic carbocycles. The van der Waals surface area contributed by atoms with E-state index in [0.717, 1.165) is 24.1 Å². The van der Waals surface area contributed by atoms with Gasteiger partial charge in [0, 0.05) is 25.4 Å². The summed E-state index contributed by atoms with van der Waals surface area (Å²) in [5.41, 5.74) is 2.09. The number of amides is 1. The SMILES string of the molecule is O=C(CCc1cccnc1)N1CC[C@@H]1c1ccc(F)cc1. The number of pyridine rings is 1. The molecule has 21 heavy (non-hydrogen) atoms. The minimum absolute atomic E-state index is 0.104. The summed E-state index contributed by atoms with van der Waals surface area (Å²) in [6.45, 7) is 0.786. The highest BCUT2D eigenvalue weighted by atomic mass is 19.1. The molecule has 108 valence electrons. The molecule has 0 N–H and O–H groups in total. The van der Waals surface area contributed by atoms with Gasteiger partial charge in [0.25, 0.3) is 0 Å². The molecule has 3 nitrogen and oxygen atoms in total. The zero-order valence-corrected chi connectivity index (χ0v) is 11.7. The van der Waals surface area contributed by atoms with Crippen LogP contribution in [0.15, 0.2) is 48.8 Å². The van der Waals surface area contributed by atoms with Crippen LogP contribution in [0.3, 0.4) is 0 Å². The molecule has 1 fully saturated rings. The van der Waals surface area contributed by atoms with E-state index in [-0.39, 0.29) is 17.8 Å². The number of likely N-dealkylation sites (tertiary alicyclic amines) is 1. The van der Waals surface area contributed by atoms with E-state index in [4.69, 9.17) is 0 Å². The van der Waals surface area contributed by atoms with Crippen molar-refractivity contribution in [3.05, 3.63) is 65.7 Å². The van der Waals surface area contributed by atoms with Gasteiger partial charge in [-0.2, -0.15) is 0 Å². The smallest absolute Gasteiger partial charge is 0.223 e. The Morgan fingerprint density at radius 3 is 2.71 bits per heavy atom. The second-order valence-corrected chi connectivity index (χ2v) is 5.30. The summed E-state index contributed by atoms with van der Waals surface area (Å²) >= 11 is 0. The first kappa shape index (κ1) is 13.7. The van der Waals surface area contributed by atoms with Gasteiger partial charge in [0.15, 0.2) is 0 Å². The van der Waals surface area contributed by atoms with E-state index in [1.165, 1.54) is 12.1 Å². The number of halogens is 1. The van der Waals surface area contributed by atoms with E-state index in [0.29, 0.717) is 12.8 Å². The molecule has 0 radical (unpaired) electrons. The molecule has 1 aliphatic rings. The molecule has 1 atom stereocenters. The fourth-order valence-electron chi connectivity index (χ4n) is 2.66. The van der Waals surface area contributed by atoms with Gasteiger partial charge >= 0.3 is 0 Å². The summed E-state index contributed by atoms with van der Waals surface area (Å²) in [6, 6.07) is 10.4. The number of aryl methyl sites for hydroxylation is 1. The predicted molar refractivity (Wildman–Crippen MR) is 78.0 cm³/mol. The Kier molecular flexibility index (Phi) is 3.95. The van der Waals surface area contributed by atoms with Crippen LogP contribution in [0.25, 0.3) is 0 Å². The Morgan fingerprint density at radius 1 is 1.29 bits per heavy atom. The summed E-state index contributed by atoms with van der Waals surface area (Å²) in [5.74, 6) is -0.0908. The topological polar surface area (TPSA) is 33.2 Å². The molecule has 0 saturated carbocycles. The van der Waals surface area contributed by atoms with Crippen LogP contribution < -0.4 is 0 Å². The maximum atomic E-state index is 12.9. The zero-order chi connectivity index (χ0) is 14.7. The number of nitrogens with zero attached hydrogens (tertiary/aromatic N) is 2. The molecule has 0 bridgehead atoms. The largest absolute Gasteiger partial charge is 0.335 e. The summed E-state index contributed by atoms with van der Waals surface area (Å²) in [7, 11) is 0. The van der Waals surface area contributed by atoms with E-state index in [1.807, 2.05) is 17.0 Å². The maximum Gasteiger partial charge on any atom is 0.223 e. The van der Waals surface area contributed by atoms with Crippen molar-refractivity contribution in [2.75, 3.05) is 6.54 Å². The van der Waals surface area contributed by atoms with Gasteiger partial charge < -0.3 is 4.90 Å². The van der Waals surface area contributed by atoms with Gasteiger partial charge in [-0.15, -0.1) is 0 Å². The lowest BCUT2D eigenvalue weighted by Gasteiger charge is -2.41. The van der Waals surface area contributed by atoms with Crippen LogP contribution in [0.4, 0.5) is 4.39 Å². The Hall–Kier alpha value is -2.23. The molecule has 2 aromatic rings. The fourth-order valence-corrected chi connectivity index (χ4v) is 2.66. The minimum atomic E-state index is -0.243. The van der Waals surface area contributed by atoms with Crippen molar-refractivity contribution in [1.29, 1.82) is 0 Å². The molecule has 0 spiro atoms. The van der Waals surface area contributed by atoms with Crippen molar-refractivity contribution in [3.63, 3.8) is 0 Å². The van der Waals surface area contributed by atoms with E-state index >= 15 is 0 Å². The van der Waals surface area contributed by atoms with Gasteiger partial charge in [-0.1, -0.05) is 18.2 Å². The standard InChI is InChI=1S/C17H17FN2O/c18-15-6-4-14(5-7-15)16-9-11-20(16)17(21)8-3-13-2-1-10-19-12-13/h1-2,4-7,10,12,16H,3,8-9,11H2/t16-/m1/s1. The second kappa shape index (κ2) is 6.04. The van der Waals surface area contributed by atoms with Crippen molar-refractivity contribution in [3.8, 4) is 0 Å². The van der Waals surface area contributed by atoms with Crippen LogP contribution in [0.5, 0.6) is 0 Å². The summed E-state index contributed by atoms with van der Waals surface area (Å²) in [6.07, 6.45) is 5.67. The maximum absolute atomic E-state index is 12.9. The molecule has 1 amide bonds. The molecule has 4 heteroatoms. The normalized spacial score (nSPS) is 17.4. The monoisotopic (exact) mass is 284 g/mol. The van der Waals surface area contributed by atoms with E-state index < -0.39 is 0 Å². The number of benzene rings is 1. The average Bonchev–Trinajstić information content (AvgIpc) is 2.47. The first-order chi connectivity index (χ1) is 10.2. The predicted octanol–water partition coefficient (Wildman–Crippen LogP) is 3.13. The Labute approximate surface area is 123 Å². The van der Waals surface area contributed by atoms with Crippen LogP contribution in [-0.4, -0.2) is 22.3 Å². The molecule has 1 saturated heterocycles. The molecule has 3 rings (SSSR count). The highest BCUT2D eigenvalue weighted by molar-refractivity contribution is 5.77. The van der Waals surface area contributed by atoms with E-state index in [9.17, 15) is 9.18 Å². The van der Waals surface area contributed by atoms with Crippen LogP contribution in [-0.2, 0) is 11.2 Å². The third-order valence-electron chi connectivity index (χ3n) is 3.95. The van der Waals surface area contributed by atoms with Crippen molar-refractivity contribution < 1.29 is 9.18 Å². The van der Waals surface area contributed by atoms with Crippen LogP contribution in [0.1, 0.15) is 30.0 Å². The number of hydrogen-bond acceptors (Lipinski definition) is 2. The molecular formula is C17H17FN2O. The van der Waals surface area contributed by atoms with Gasteiger partial charge in [0.1, 0.15) is 5.82 Å². The molecule has 1 aromatic heterocycles. The Morgan fingerprint density at radius 2 is 2.10 bits per heavy atom. The molecular weight excluding hydrogens is 267 g/mol. The highest BCUT2D eigenvalue weighted by Gasteiger charge is 2.32. The van der Waals surface area contributed by atoms with Gasteiger partial charge in [0.2, 0.25) is 5.91 Å². The van der Waals surface area contributed by atoms with Crippen molar-refractivity contribution >= 4 is 5.91 Å². The zero-order valence-electron chi connectivity index (χ0n) is 11.7. The quantitative estimate of drug-likeness (QED) is 0.864. The van der Waals surface area contributed by atoms with Gasteiger partial charge in [0.05, 0.1) is 6.04 Å². The lowest BCUT2D eigenvalue weighted by atomic mass is 9.94. The third kappa shape index (κ3) is 3.10. The number of carbonyl (C=O) groups excluding carboxylic acids is 1. The fraction of sp³-hybridized carbons (Fsp3) is 0.294. The minimum Gasteiger partial charge on any atom is -0.335 e. The highest BCUT2D eigenvalue weighted by Crippen LogP contribution is 2.33. The average molecular weight is 284 g/mol. The third-order valence-corrected chi connectivity index (χ3v) is 3.95. The molecule has 0 unspecified atom stereocenters. The van der Waals surface area contributed by atoms with E-state index in [1.54, 1.807) is 24.5 Å². The number of carbonyl (C=O) groups is 1. The number of rotatable bonds is 4. The molecule has 1 aromatic carbocycles. The number of hydrogen-bond donors (Lipinski definition) is 0. The van der Waals surface area contributed by atoms with Crippen molar-refractivity contribution in [2.45, 2.75) is 25.3 Å². The molecule has 2 heterocycles. The van der Waals surface area contributed by atoms with Gasteiger partial charge in [-0.25, -0.2) is 4.39 Å². The number of aromatic nitrogens is 1. The Balaban J connectivity index is 1.59. The van der Waals surface area contributed by atoms with Crippen LogP contribution >= 0.6 is 0 Å². The van der Waals surface area contributed by atoms with Crippen LogP contribution in [0, 0.1) is 5.82 Å². The first-order valence-electron chi connectivity index (χ1n) is 7.18. The van der Waals surface area contributed by atoms with E-state index in [2.05, 4.69) is 4.98 Å². The lowest BCUT2D eigenvalue weighted by molar-refractivity contribution is -0.139. The first-order valence-corrected chi connectivity index (χ1v) is 7.18. The van der Waals surface area contributed by atoms with Gasteiger partial charge in [-0.05, 0) is 42.2 Å². The summed E-state index contributed by atoms with van der Waals surface area (Å²) < 4.78 is 12.9.